The van der Waals surface area contributed by atoms with Crippen molar-refractivity contribution in [1.82, 2.24) is 4.98 Å². The summed E-state index contributed by atoms with van der Waals surface area (Å²) in [5.41, 5.74) is 0.823. The van der Waals surface area contributed by atoms with Gasteiger partial charge in [-0.15, -0.1) is 0 Å². The Kier molecular flexibility index (Phi) is 3.25. The lowest BCUT2D eigenvalue weighted by Crippen LogP contribution is -2.43. The highest BCUT2D eigenvalue weighted by Gasteiger charge is 2.34. The van der Waals surface area contributed by atoms with E-state index >= 15 is 0 Å². The molecule has 1 saturated carbocycles. The fraction of sp³-hybridized carbons (Fsp3) is 0.692. The van der Waals surface area contributed by atoms with Crippen LogP contribution in [0.3, 0.4) is 0 Å². The van der Waals surface area contributed by atoms with Crippen molar-refractivity contribution in [2.75, 3.05) is 23.7 Å². The molecule has 2 fully saturated rings. The fourth-order valence-electron chi connectivity index (χ4n) is 2.42. The smallest absolute Gasteiger partial charge is 0.347 e. The second-order valence-electron chi connectivity index (χ2n) is 5.82. The number of thioether (sulfide) groups is 1. The molecule has 4 nitrogen and oxygen atoms in total. The molecule has 6 heteroatoms. The summed E-state index contributed by atoms with van der Waals surface area (Å²) in [7, 11) is 0. The van der Waals surface area contributed by atoms with Crippen LogP contribution in [0.2, 0.25) is 0 Å². The first-order valence-electron chi connectivity index (χ1n) is 6.59. The van der Waals surface area contributed by atoms with Crippen molar-refractivity contribution in [3.63, 3.8) is 0 Å². The minimum absolute atomic E-state index is 0.215. The van der Waals surface area contributed by atoms with Gasteiger partial charge in [-0.3, -0.25) is 0 Å². The Morgan fingerprint density at radius 3 is 2.79 bits per heavy atom. The number of hydrogen-bond acceptors (Lipinski definition) is 5. The fourth-order valence-corrected chi connectivity index (χ4v) is 4.55. The summed E-state index contributed by atoms with van der Waals surface area (Å²) in [6, 6.07) is 0. The van der Waals surface area contributed by atoms with Crippen molar-refractivity contribution in [3.05, 3.63) is 10.6 Å². The van der Waals surface area contributed by atoms with Gasteiger partial charge in [0.25, 0.3) is 0 Å². The number of carboxylic acid groups (broad SMARTS) is 1. The Labute approximate surface area is 121 Å². The van der Waals surface area contributed by atoms with Gasteiger partial charge < -0.3 is 10.0 Å². The molecule has 19 heavy (non-hydrogen) atoms. The second kappa shape index (κ2) is 4.66. The molecule has 0 atom stereocenters. The lowest BCUT2D eigenvalue weighted by atomic mass is 10.2. The number of aromatic nitrogens is 1. The zero-order valence-corrected chi connectivity index (χ0v) is 12.8. The zero-order chi connectivity index (χ0) is 13.6. The summed E-state index contributed by atoms with van der Waals surface area (Å²) < 4.78 is 0.215. The number of carbonyl (C=O) groups is 1. The molecule has 1 N–H and O–H groups in total. The third-order valence-corrected chi connectivity index (χ3v) is 5.91. The van der Waals surface area contributed by atoms with Gasteiger partial charge in [0, 0.05) is 29.5 Å². The molecule has 0 spiro atoms. The van der Waals surface area contributed by atoms with Crippen molar-refractivity contribution in [1.29, 1.82) is 0 Å². The average molecular weight is 298 g/mol. The van der Waals surface area contributed by atoms with Gasteiger partial charge in [0.15, 0.2) is 5.13 Å². The van der Waals surface area contributed by atoms with Crippen LogP contribution < -0.4 is 4.90 Å². The largest absolute Gasteiger partial charge is 0.477 e. The Morgan fingerprint density at radius 2 is 2.21 bits per heavy atom. The number of aromatic carboxylic acids is 1. The molecule has 3 rings (SSSR count). The van der Waals surface area contributed by atoms with E-state index in [-0.39, 0.29) is 4.75 Å². The summed E-state index contributed by atoms with van der Waals surface area (Å²) in [5, 5.41) is 10.2. The Hall–Kier alpha value is -0.750. The summed E-state index contributed by atoms with van der Waals surface area (Å²) >= 11 is 3.32. The van der Waals surface area contributed by atoms with Crippen molar-refractivity contribution >= 4 is 34.2 Å². The standard InChI is InChI=1S/C13H18N2O2S2/c1-13(2)7-15(5-6-18-13)12-14-9(8-3-4-8)10(19-12)11(16)17/h8H,3-7H2,1-2H3,(H,16,17). The third-order valence-electron chi connectivity index (χ3n) is 3.50. The van der Waals surface area contributed by atoms with Gasteiger partial charge >= 0.3 is 5.97 Å². The highest BCUT2D eigenvalue weighted by atomic mass is 32.2. The average Bonchev–Trinajstić information content (AvgIpc) is 3.06. The molecule has 0 aromatic carbocycles. The molecule has 1 saturated heterocycles. The number of rotatable bonds is 3. The predicted molar refractivity (Wildman–Crippen MR) is 79.8 cm³/mol. The molecular formula is C13H18N2O2S2. The van der Waals surface area contributed by atoms with Gasteiger partial charge in [0.1, 0.15) is 4.88 Å². The van der Waals surface area contributed by atoms with E-state index in [2.05, 4.69) is 23.7 Å². The second-order valence-corrected chi connectivity index (χ2v) is 8.60. The number of hydrogen-bond donors (Lipinski definition) is 1. The van der Waals surface area contributed by atoms with E-state index in [1.807, 2.05) is 11.8 Å². The maximum absolute atomic E-state index is 11.3. The topological polar surface area (TPSA) is 53.4 Å². The summed E-state index contributed by atoms with van der Waals surface area (Å²) in [5.74, 6) is 0.646. The normalized spacial score (nSPS) is 22.5. The molecule has 1 aliphatic carbocycles. The van der Waals surface area contributed by atoms with Crippen LogP contribution in [0.5, 0.6) is 0 Å². The van der Waals surface area contributed by atoms with Crippen LogP contribution in [0, 0.1) is 0 Å². The van der Waals surface area contributed by atoms with Crippen molar-refractivity contribution in [2.45, 2.75) is 37.4 Å². The molecule has 0 bridgehead atoms. The van der Waals surface area contributed by atoms with Crippen molar-refractivity contribution in [2.24, 2.45) is 0 Å². The monoisotopic (exact) mass is 298 g/mol. The van der Waals surface area contributed by atoms with E-state index in [1.54, 1.807) is 0 Å². The van der Waals surface area contributed by atoms with E-state index in [0.29, 0.717) is 10.8 Å². The highest BCUT2D eigenvalue weighted by molar-refractivity contribution is 8.00. The first kappa shape index (κ1) is 13.2. The first-order valence-corrected chi connectivity index (χ1v) is 8.39. The molecule has 2 aliphatic rings. The summed E-state index contributed by atoms with van der Waals surface area (Å²) in [4.78, 5) is 18.7. The summed E-state index contributed by atoms with van der Waals surface area (Å²) in [6.45, 7) is 6.37. The molecule has 2 heterocycles. The minimum atomic E-state index is -0.823. The van der Waals surface area contributed by atoms with E-state index in [9.17, 15) is 9.90 Å². The maximum atomic E-state index is 11.3. The molecule has 0 unspecified atom stereocenters. The van der Waals surface area contributed by atoms with Crippen LogP contribution in [0.15, 0.2) is 0 Å². The Bertz CT molecular complexity index is 509. The lowest BCUT2D eigenvalue weighted by molar-refractivity contribution is 0.0700. The SMILES string of the molecule is CC1(C)CN(c2nc(C3CC3)c(C(=O)O)s2)CCS1. The van der Waals surface area contributed by atoms with E-state index in [0.717, 1.165) is 42.5 Å². The molecule has 1 aromatic heterocycles. The minimum Gasteiger partial charge on any atom is -0.477 e. The number of anilines is 1. The molecule has 1 aliphatic heterocycles. The van der Waals surface area contributed by atoms with E-state index < -0.39 is 5.97 Å². The molecule has 1 aromatic rings. The number of carboxylic acids is 1. The maximum Gasteiger partial charge on any atom is 0.347 e. The highest BCUT2D eigenvalue weighted by Crippen LogP contribution is 2.45. The molecule has 0 amide bonds. The number of thiazole rings is 1. The van der Waals surface area contributed by atoms with Gasteiger partial charge in [0.2, 0.25) is 0 Å². The van der Waals surface area contributed by atoms with Gasteiger partial charge in [-0.25, -0.2) is 9.78 Å². The molecule has 104 valence electrons. The third kappa shape index (κ3) is 2.74. The zero-order valence-electron chi connectivity index (χ0n) is 11.2. The first-order chi connectivity index (χ1) is 8.96. The van der Waals surface area contributed by atoms with E-state index in [1.165, 1.54) is 11.3 Å². The van der Waals surface area contributed by atoms with E-state index in [4.69, 9.17) is 0 Å². The van der Waals surface area contributed by atoms with Crippen LogP contribution in [0.4, 0.5) is 5.13 Å². The van der Waals surface area contributed by atoms with Crippen LogP contribution >= 0.6 is 23.1 Å². The van der Waals surface area contributed by atoms with Crippen molar-refractivity contribution in [3.8, 4) is 0 Å². The van der Waals surface area contributed by atoms with Crippen molar-refractivity contribution < 1.29 is 9.90 Å². The van der Waals surface area contributed by atoms with Crippen LogP contribution in [0.25, 0.3) is 0 Å². The van der Waals surface area contributed by atoms with Crippen LogP contribution in [-0.4, -0.2) is 39.6 Å². The molecule has 0 radical (unpaired) electrons. The van der Waals surface area contributed by atoms with Gasteiger partial charge in [0.05, 0.1) is 5.69 Å². The number of nitrogens with zero attached hydrogens (tertiary/aromatic N) is 2. The van der Waals surface area contributed by atoms with Crippen LogP contribution in [-0.2, 0) is 0 Å². The Balaban J connectivity index is 1.88. The Morgan fingerprint density at radius 1 is 1.47 bits per heavy atom. The van der Waals surface area contributed by atoms with Gasteiger partial charge in [-0.2, -0.15) is 11.8 Å². The van der Waals surface area contributed by atoms with Gasteiger partial charge in [-0.05, 0) is 26.7 Å². The van der Waals surface area contributed by atoms with Crippen LogP contribution in [0.1, 0.15) is 48.0 Å². The predicted octanol–water partition coefficient (Wildman–Crippen LogP) is 3.05. The quantitative estimate of drug-likeness (QED) is 0.929. The summed E-state index contributed by atoms with van der Waals surface area (Å²) in [6.07, 6.45) is 2.18. The lowest BCUT2D eigenvalue weighted by Gasteiger charge is -2.37. The molecular weight excluding hydrogens is 280 g/mol. The van der Waals surface area contributed by atoms with Gasteiger partial charge in [-0.1, -0.05) is 11.3 Å².